The first kappa shape index (κ1) is 11.7. The summed E-state index contributed by atoms with van der Waals surface area (Å²) < 4.78 is 0. The predicted molar refractivity (Wildman–Crippen MR) is 52.0 cm³/mol. The highest BCUT2D eigenvalue weighted by Crippen LogP contribution is 2.23. The van der Waals surface area contributed by atoms with E-state index in [1.165, 1.54) is 0 Å². The molecule has 0 aliphatic carbocycles. The summed E-state index contributed by atoms with van der Waals surface area (Å²) in [4.78, 5) is 34.9. The summed E-state index contributed by atoms with van der Waals surface area (Å²) in [6.07, 6.45) is 1.08. The number of hydrogen-bond donors (Lipinski definition) is 1. The highest BCUT2D eigenvalue weighted by molar-refractivity contribution is 6.06. The van der Waals surface area contributed by atoms with Crippen molar-refractivity contribution in [2.75, 3.05) is 0 Å². The lowest BCUT2D eigenvalue weighted by Gasteiger charge is -2.22. The number of aliphatic carboxylic acids is 1. The number of amides is 2. The SMILES string of the molecule is CCCC(C(=O)O)N1C(=O)CC(C)C1=O. The lowest BCUT2D eigenvalue weighted by Crippen LogP contribution is -2.44. The summed E-state index contributed by atoms with van der Waals surface area (Å²) >= 11 is 0. The number of carbonyl (C=O) groups excluding carboxylic acids is 2. The molecular weight excluding hydrogens is 198 g/mol. The van der Waals surface area contributed by atoms with Gasteiger partial charge in [-0.2, -0.15) is 0 Å². The van der Waals surface area contributed by atoms with Gasteiger partial charge >= 0.3 is 5.97 Å². The number of likely N-dealkylation sites (tertiary alicyclic amines) is 1. The van der Waals surface area contributed by atoms with Crippen molar-refractivity contribution >= 4 is 17.8 Å². The maximum atomic E-state index is 11.6. The highest BCUT2D eigenvalue weighted by atomic mass is 16.4. The van der Waals surface area contributed by atoms with Gasteiger partial charge in [0.25, 0.3) is 0 Å². The molecule has 15 heavy (non-hydrogen) atoms. The van der Waals surface area contributed by atoms with Gasteiger partial charge in [0, 0.05) is 12.3 Å². The minimum Gasteiger partial charge on any atom is -0.480 e. The molecule has 1 heterocycles. The van der Waals surface area contributed by atoms with Crippen LogP contribution in [-0.2, 0) is 14.4 Å². The van der Waals surface area contributed by atoms with Crippen LogP contribution in [-0.4, -0.2) is 33.8 Å². The molecule has 0 radical (unpaired) electrons. The van der Waals surface area contributed by atoms with Crippen LogP contribution < -0.4 is 0 Å². The van der Waals surface area contributed by atoms with Crippen LogP contribution in [0.3, 0.4) is 0 Å². The van der Waals surface area contributed by atoms with E-state index in [-0.39, 0.29) is 24.2 Å². The summed E-state index contributed by atoms with van der Waals surface area (Å²) in [5.74, 6) is -2.21. The van der Waals surface area contributed by atoms with E-state index in [9.17, 15) is 14.4 Å². The van der Waals surface area contributed by atoms with E-state index in [0.717, 1.165) is 4.90 Å². The molecule has 2 amide bonds. The van der Waals surface area contributed by atoms with Crippen LogP contribution in [0.15, 0.2) is 0 Å². The molecule has 0 spiro atoms. The molecule has 0 bridgehead atoms. The average molecular weight is 213 g/mol. The van der Waals surface area contributed by atoms with Crippen molar-refractivity contribution in [1.82, 2.24) is 4.90 Å². The standard InChI is InChI=1S/C10H15NO4/c1-3-4-7(10(14)15)11-8(12)5-6(2)9(11)13/h6-7H,3-5H2,1-2H3,(H,14,15). The van der Waals surface area contributed by atoms with Crippen LogP contribution in [0.25, 0.3) is 0 Å². The van der Waals surface area contributed by atoms with Gasteiger partial charge in [-0.25, -0.2) is 4.79 Å². The molecule has 1 N–H and O–H groups in total. The quantitative estimate of drug-likeness (QED) is 0.695. The van der Waals surface area contributed by atoms with E-state index in [2.05, 4.69) is 0 Å². The summed E-state index contributed by atoms with van der Waals surface area (Å²) in [5.41, 5.74) is 0. The fraction of sp³-hybridized carbons (Fsp3) is 0.700. The molecule has 1 rings (SSSR count). The molecule has 0 aromatic carbocycles. The fourth-order valence-corrected chi connectivity index (χ4v) is 1.77. The Bertz CT molecular complexity index is 300. The first-order valence-corrected chi connectivity index (χ1v) is 5.07. The molecule has 84 valence electrons. The Morgan fingerprint density at radius 3 is 2.53 bits per heavy atom. The van der Waals surface area contributed by atoms with Gasteiger partial charge in [-0.3, -0.25) is 14.5 Å². The lowest BCUT2D eigenvalue weighted by atomic mass is 10.1. The van der Waals surface area contributed by atoms with Gasteiger partial charge in [0.15, 0.2) is 0 Å². The van der Waals surface area contributed by atoms with Gasteiger partial charge in [-0.15, -0.1) is 0 Å². The van der Waals surface area contributed by atoms with E-state index in [1.807, 2.05) is 6.92 Å². The first-order valence-electron chi connectivity index (χ1n) is 5.07. The molecule has 0 saturated carbocycles. The molecule has 5 nitrogen and oxygen atoms in total. The number of nitrogens with zero attached hydrogens (tertiary/aromatic N) is 1. The summed E-state index contributed by atoms with van der Waals surface area (Å²) in [5, 5.41) is 8.94. The van der Waals surface area contributed by atoms with E-state index >= 15 is 0 Å². The normalized spacial score (nSPS) is 23.3. The molecule has 2 unspecified atom stereocenters. The topological polar surface area (TPSA) is 74.7 Å². The minimum atomic E-state index is -1.10. The molecule has 2 atom stereocenters. The van der Waals surface area contributed by atoms with Crippen LogP contribution in [0.4, 0.5) is 0 Å². The maximum Gasteiger partial charge on any atom is 0.326 e. The van der Waals surface area contributed by atoms with Crippen molar-refractivity contribution in [3.05, 3.63) is 0 Å². The number of imide groups is 1. The smallest absolute Gasteiger partial charge is 0.326 e. The Kier molecular flexibility index (Phi) is 3.44. The number of hydrogen-bond acceptors (Lipinski definition) is 3. The second-order valence-electron chi connectivity index (χ2n) is 3.85. The zero-order chi connectivity index (χ0) is 11.6. The zero-order valence-corrected chi connectivity index (χ0v) is 8.90. The Labute approximate surface area is 88.1 Å². The maximum absolute atomic E-state index is 11.6. The van der Waals surface area contributed by atoms with Gasteiger partial charge in [-0.05, 0) is 6.42 Å². The summed E-state index contributed by atoms with van der Waals surface area (Å²) in [7, 11) is 0. The highest BCUT2D eigenvalue weighted by Gasteiger charge is 2.42. The summed E-state index contributed by atoms with van der Waals surface area (Å²) in [6.45, 7) is 3.47. The van der Waals surface area contributed by atoms with Crippen molar-refractivity contribution in [3.8, 4) is 0 Å². The number of carboxylic acids is 1. The van der Waals surface area contributed by atoms with Gasteiger partial charge in [0.2, 0.25) is 11.8 Å². The third-order valence-corrected chi connectivity index (χ3v) is 2.57. The monoisotopic (exact) mass is 213 g/mol. The molecule has 1 aliphatic rings. The molecule has 0 aromatic rings. The van der Waals surface area contributed by atoms with Crippen molar-refractivity contribution < 1.29 is 19.5 Å². The molecule has 1 saturated heterocycles. The third kappa shape index (κ3) is 2.16. The largest absolute Gasteiger partial charge is 0.480 e. The third-order valence-electron chi connectivity index (χ3n) is 2.57. The van der Waals surface area contributed by atoms with E-state index in [4.69, 9.17) is 5.11 Å². The van der Waals surface area contributed by atoms with Crippen molar-refractivity contribution in [2.45, 2.75) is 39.2 Å². The second-order valence-corrected chi connectivity index (χ2v) is 3.85. The Balaban J connectivity index is 2.88. The van der Waals surface area contributed by atoms with Gasteiger partial charge in [0.05, 0.1) is 0 Å². The van der Waals surface area contributed by atoms with Gasteiger partial charge in [0.1, 0.15) is 6.04 Å². The first-order chi connectivity index (χ1) is 6.99. The minimum absolute atomic E-state index is 0.131. The molecule has 1 aliphatic heterocycles. The Morgan fingerprint density at radius 1 is 1.60 bits per heavy atom. The van der Waals surface area contributed by atoms with Crippen LogP contribution in [0.5, 0.6) is 0 Å². The zero-order valence-electron chi connectivity index (χ0n) is 8.90. The second kappa shape index (κ2) is 4.42. The molecule has 1 fully saturated rings. The fourth-order valence-electron chi connectivity index (χ4n) is 1.77. The molecule has 0 aromatic heterocycles. The van der Waals surface area contributed by atoms with E-state index in [1.54, 1.807) is 6.92 Å². The van der Waals surface area contributed by atoms with Crippen LogP contribution >= 0.6 is 0 Å². The van der Waals surface area contributed by atoms with Crippen molar-refractivity contribution in [2.24, 2.45) is 5.92 Å². The van der Waals surface area contributed by atoms with Crippen molar-refractivity contribution in [3.63, 3.8) is 0 Å². The Morgan fingerprint density at radius 2 is 2.20 bits per heavy atom. The van der Waals surface area contributed by atoms with Crippen molar-refractivity contribution in [1.29, 1.82) is 0 Å². The number of rotatable bonds is 4. The number of carboxylic acid groups (broad SMARTS) is 1. The van der Waals surface area contributed by atoms with Crippen LogP contribution in [0.1, 0.15) is 33.1 Å². The summed E-state index contributed by atoms with van der Waals surface area (Å²) in [6, 6.07) is -0.986. The van der Waals surface area contributed by atoms with E-state index < -0.39 is 12.0 Å². The van der Waals surface area contributed by atoms with Crippen LogP contribution in [0, 0.1) is 5.92 Å². The van der Waals surface area contributed by atoms with Gasteiger partial charge < -0.3 is 5.11 Å². The molecule has 5 heteroatoms. The lowest BCUT2D eigenvalue weighted by molar-refractivity contribution is -0.154. The molecular formula is C10H15NO4. The number of carbonyl (C=O) groups is 3. The predicted octanol–water partition coefficient (Wildman–Crippen LogP) is 0.635. The van der Waals surface area contributed by atoms with Gasteiger partial charge in [-0.1, -0.05) is 20.3 Å². The Hall–Kier alpha value is -1.39. The van der Waals surface area contributed by atoms with Crippen LogP contribution in [0.2, 0.25) is 0 Å². The average Bonchev–Trinajstić information content (AvgIpc) is 2.38. The van der Waals surface area contributed by atoms with E-state index in [0.29, 0.717) is 12.8 Å².